The van der Waals surface area contributed by atoms with E-state index in [0.717, 1.165) is 29.1 Å². The van der Waals surface area contributed by atoms with Gasteiger partial charge < -0.3 is 9.47 Å². The predicted octanol–water partition coefficient (Wildman–Crippen LogP) is 3.38. The molecule has 2 aromatic heterocycles. The standard InChI is InChI=1S/C24H28N6O3/c1-16(2)14-29-12-11-20(25-29)18-9-10-22(17(3)13-18)33-15-19-21(7-6-8-23(19)32-5)30-24(31)28(4)26-27-30/h6-13,16H,14-15H2,1-5H3. The van der Waals surface area contributed by atoms with Crippen molar-refractivity contribution in [3.05, 3.63) is 70.3 Å². The quantitative estimate of drug-likeness (QED) is 0.411. The summed E-state index contributed by atoms with van der Waals surface area (Å²) in [5.41, 5.74) is 3.88. The molecule has 9 nitrogen and oxygen atoms in total. The van der Waals surface area contributed by atoms with Gasteiger partial charge in [-0.15, -0.1) is 0 Å². The molecule has 0 N–H and O–H groups in total. The van der Waals surface area contributed by atoms with Gasteiger partial charge in [0.2, 0.25) is 0 Å². The Kier molecular flexibility index (Phi) is 6.30. The molecule has 0 unspecified atom stereocenters. The van der Waals surface area contributed by atoms with Gasteiger partial charge in [0, 0.05) is 25.4 Å². The number of ether oxygens (including phenoxy) is 2. The molecule has 4 rings (SSSR count). The second kappa shape index (κ2) is 9.32. The molecule has 2 heterocycles. The zero-order valence-corrected chi connectivity index (χ0v) is 19.5. The lowest BCUT2D eigenvalue weighted by Gasteiger charge is -2.15. The van der Waals surface area contributed by atoms with Gasteiger partial charge in [0.15, 0.2) is 0 Å². The molecular weight excluding hydrogens is 420 g/mol. The molecule has 0 saturated carbocycles. The molecule has 4 aromatic rings. The number of benzene rings is 2. The summed E-state index contributed by atoms with van der Waals surface area (Å²) in [6.45, 7) is 7.43. The van der Waals surface area contributed by atoms with Crippen molar-refractivity contribution >= 4 is 0 Å². The van der Waals surface area contributed by atoms with E-state index >= 15 is 0 Å². The lowest BCUT2D eigenvalue weighted by atomic mass is 10.1. The average Bonchev–Trinajstić information content (AvgIpc) is 3.39. The number of aryl methyl sites for hydroxylation is 2. The van der Waals surface area contributed by atoms with Crippen LogP contribution in [0, 0.1) is 12.8 Å². The molecule has 2 aromatic carbocycles. The molecule has 0 saturated heterocycles. The first-order chi connectivity index (χ1) is 15.9. The largest absolute Gasteiger partial charge is 0.496 e. The molecule has 0 fully saturated rings. The third-order valence-corrected chi connectivity index (χ3v) is 5.31. The SMILES string of the molecule is COc1cccc(-n2nnn(C)c2=O)c1COc1ccc(-c2ccn(CC(C)C)n2)cc1C. The first-order valence-electron chi connectivity index (χ1n) is 10.8. The van der Waals surface area contributed by atoms with Crippen LogP contribution in [0.3, 0.4) is 0 Å². The lowest BCUT2D eigenvalue weighted by molar-refractivity contribution is 0.294. The van der Waals surface area contributed by atoms with Crippen LogP contribution in [0.4, 0.5) is 0 Å². The summed E-state index contributed by atoms with van der Waals surface area (Å²) in [7, 11) is 3.14. The summed E-state index contributed by atoms with van der Waals surface area (Å²) in [6, 6.07) is 13.5. The Morgan fingerprint density at radius 2 is 1.88 bits per heavy atom. The van der Waals surface area contributed by atoms with E-state index in [4.69, 9.17) is 9.47 Å². The summed E-state index contributed by atoms with van der Waals surface area (Å²) >= 11 is 0. The minimum atomic E-state index is -0.345. The normalized spacial score (nSPS) is 11.2. The van der Waals surface area contributed by atoms with Crippen molar-refractivity contribution in [2.45, 2.75) is 33.9 Å². The number of aromatic nitrogens is 6. The minimum Gasteiger partial charge on any atom is -0.496 e. The van der Waals surface area contributed by atoms with E-state index < -0.39 is 0 Å². The van der Waals surface area contributed by atoms with Crippen molar-refractivity contribution in [1.82, 2.24) is 29.6 Å². The van der Waals surface area contributed by atoms with Crippen molar-refractivity contribution in [1.29, 1.82) is 0 Å². The molecule has 33 heavy (non-hydrogen) atoms. The second-order valence-corrected chi connectivity index (χ2v) is 8.34. The van der Waals surface area contributed by atoms with Gasteiger partial charge in [-0.25, -0.2) is 4.79 Å². The van der Waals surface area contributed by atoms with Gasteiger partial charge in [0.25, 0.3) is 0 Å². The highest BCUT2D eigenvalue weighted by molar-refractivity contribution is 5.61. The van der Waals surface area contributed by atoms with Crippen LogP contribution in [0.15, 0.2) is 53.5 Å². The number of hydrogen-bond donors (Lipinski definition) is 0. The summed E-state index contributed by atoms with van der Waals surface area (Å²) < 4.78 is 16.1. The van der Waals surface area contributed by atoms with Gasteiger partial charge in [-0.1, -0.05) is 19.9 Å². The van der Waals surface area contributed by atoms with Crippen LogP contribution in [-0.4, -0.2) is 36.7 Å². The van der Waals surface area contributed by atoms with Crippen LogP contribution in [0.1, 0.15) is 25.0 Å². The van der Waals surface area contributed by atoms with Gasteiger partial charge in [-0.3, -0.25) is 4.68 Å². The van der Waals surface area contributed by atoms with Gasteiger partial charge >= 0.3 is 5.69 Å². The third kappa shape index (κ3) is 4.67. The Balaban J connectivity index is 1.58. The van der Waals surface area contributed by atoms with Crippen LogP contribution in [0.25, 0.3) is 16.9 Å². The summed E-state index contributed by atoms with van der Waals surface area (Å²) in [5, 5.41) is 12.4. The van der Waals surface area contributed by atoms with E-state index in [1.807, 2.05) is 42.1 Å². The fourth-order valence-electron chi connectivity index (χ4n) is 3.67. The molecule has 172 valence electrons. The van der Waals surface area contributed by atoms with Gasteiger partial charge in [-0.05, 0) is 65.2 Å². The number of tetrazole rings is 1. The lowest BCUT2D eigenvalue weighted by Crippen LogP contribution is -2.23. The second-order valence-electron chi connectivity index (χ2n) is 8.34. The van der Waals surface area contributed by atoms with Crippen LogP contribution in [0.5, 0.6) is 11.5 Å². The maximum Gasteiger partial charge on any atom is 0.368 e. The first kappa shape index (κ1) is 22.3. The van der Waals surface area contributed by atoms with E-state index in [2.05, 4.69) is 35.4 Å². The Labute approximate surface area is 192 Å². The molecule has 0 aliphatic rings. The number of hydrogen-bond acceptors (Lipinski definition) is 6. The third-order valence-electron chi connectivity index (χ3n) is 5.31. The van der Waals surface area contributed by atoms with Crippen molar-refractivity contribution in [2.75, 3.05) is 7.11 Å². The van der Waals surface area contributed by atoms with Crippen LogP contribution < -0.4 is 15.2 Å². The smallest absolute Gasteiger partial charge is 0.368 e. The molecule has 0 radical (unpaired) electrons. The topological polar surface area (TPSA) is 89.0 Å². The molecule has 0 bridgehead atoms. The zero-order chi connectivity index (χ0) is 23.5. The Morgan fingerprint density at radius 3 is 2.55 bits per heavy atom. The van der Waals surface area contributed by atoms with E-state index in [1.165, 1.54) is 9.36 Å². The van der Waals surface area contributed by atoms with Crippen LogP contribution in [0.2, 0.25) is 0 Å². The minimum absolute atomic E-state index is 0.200. The molecule has 0 amide bonds. The van der Waals surface area contributed by atoms with E-state index in [1.54, 1.807) is 26.3 Å². The molecular formula is C24H28N6O3. The summed E-state index contributed by atoms with van der Waals surface area (Å²) in [4.78, 5) is 12.4. The average molecular weight is 449 g/mol. The highest BCUT2D eigenvalue weighted by atomic mass is 16.5. The number of methoxy groups -OCH3 is 1. The number of nitrogens with zero attached hydrogens (tertiary/aromatic N) is 6. The monoisotopic (exact) mass is 448 g/mol. The molecule has 0 aliphatic heterocycles. The highest BCUT2D eigenvalue weighted by Crippen LogP contribution is 2.29. The van der Waals surface area contributed by atoms with Crippen molar-refractivity contribution in [2.24, 2.45) is 13.0 Å². The van der Waals surface area contributed by atoms with Gasteiger partial charge in [0.1, 0.15) is 18.1 Å². The van der Waals surface area contributed by atoms with Crippen LogP contribution in [-0.2, 0) is 20.2 Å². The molecule has 9 heteroatoms. The fourth-order valence-corrected chi connectivity index (χ4v) is 3.67. The maximum atomic E-state index is 12.4. The van der Waals surface area contributed by atoms with E-state index in [-0.39, 0.29) is 12.3 Å². The Hall–Kier alpha value is -3.88. The molecule has 0 spiro atoms. The highest BCUT2D eigenvalue weighted by Gasteiger charge is 2.16. The molecule has 0 atom stereocenters. The van der Waals surface area contributed by atoms with Gasteiger partial charge in [-0.2, -0.15) is 14.5 Å². The zero-order valence-electron chi connectivity index (χ0n) is 19.5. The maximum absolute atomic E-state index is 12.4. The first-order valence-corrected chi connectivity index (χ1v) is 10.8. The van der Waals surface area contributed by atoms with Crippen molar-refractivity contribution in [3.63, 3.8) is 0 Å². The Bertz CT molecular complexity index is 1320. The Morgan fingerprint density at radius 1 is 1.06 bits per heavy atom. The van der Waals surface area contributed by atoms with Crippen molar-refractivity contribution in [3.8, 4) is 28.4 Å². The van der Waals surface area contributed by atoms with Gasteiger partial charge in [0.05, 0.1) is 24.1 Å². The van der Waals surface area contributed by atoms with E-state index in [9.17, 15) is 4.79 Å². The summed E-state index contributed by atoms with van der Waals surface area (Å²) in [5.74, 6) is 1.88. The number of rotatable bonds is 8. The fraction of sp³-hybridized carbons (Fsp3) is 0.333. The van der Waals surface area contributed by atoms with Crippen molar-refractivity contribution < 1.29 is 9.47 Å². The summed E-state index contributed by atoms with van der Waals surface area (Å²) in [6.07, 6.45) is 2.01. The van der Waals surface area contributed by atoms with Crippen LogP contribution >= 0.6 is 0 Å². The predicted molar refractivity (Wildman–Crippen MR) is 125 cm³/mol. The molecule has 0 aliphatic carbocycles. The van der Waals surface area contributed by atoms with E-state index in [0.29, 0.717) is 22.9 Å².